The summed E-state index contributed by atoms with van der Waals surface area (Å²) in [4.78, 5) is 11.6. The third kappa shape index (κ3) is 3.77. The second-order valence-electron chi connectivity index (χ2n) is 4.42. The molecule has 0 saturated carbocycles. The Bertz CT molecular complexity index is 618. The number of carbonyl (C=O) groups excluding carboxylic acids is 1. The number of hydrogen-bond donors (Lipinski definition) is 1. The van der Waals surface area contributed by atoms with Crippen LogP contribution >= 0.6 is 22.3 Å². The zero-order valence-electron chi connectivity index (χ0n) is 10.4. The molecule has 0 aromatic heterocycles. The number of rotatable bonds is 3. The summed E-state index contributed by atoms with van der Waals surface area (Å²) in [5.74, 6) is -0.221. The summed E-state index contributed by atoms with van der Waals surface area (Å²) in [6.07, 6.45) is 1.49. The van der Waals surface area contributed by atoms with Crippen LogP contribution in [0, 0.1) is 0 Å². The third-order valence-corrected chi connectivity index (χ3v) is 4.50. The van der Waals surface area contributed by atoms with Crippen molar-refractivity contribution in [3.8, 4) is 5.75 Å². The average molecular weight is 338 g/mol. The van der Waals surface area contributed by atoms with E-state index in [4.69, 9.17) is 27.0 Å². The first-order valence-corrected chi connectivity index (χ1v) is 8.75. The van der Waals surface area contributed by atoms with Crippen molar-refractivity contribution in [3.63, 3.8) is 0 Å². The Morgan fingerprint density at radius 1 is 1.30 bits per heavy atom. The number of amides is 1. The van der Waals surface area contributed by atoms with Crippen molar-refractivity contribution >= 4 is 37.2 Å². The van der Waals surface area contributed by atoms with Gasteiger partial charge in [0.1, 0.15) is 10.6 Å². The number of carbonyl (C=O) groups is 1. The summed E-state index contributed by atoms with van der Waals surface area (Å²) >= 11 is 5.76. The second kappa shape index (κ2) is 6.20. The molecule has 1 fully saturated rings. The first-order valence-electron chi connectivity index (χ1n) is 6.06. The SMILES string of the molecule is O=C1NCCCCC1Oc1ccc(Cl)cc1S(=O)(=O)Cl. The molecule has 0 bridgehead atoms. The molecule has 1 saturated heterocycles. The van der Waals surface area contributed by atoms with E-state index in [1.165, 1.54) is 18.2 Å². The highest BCUT2D eigenvalue weighted by atomic mass is 35.7. The average Bonchev–Trinajstić information content (AvgIpc) is 2.56. The van der Waals surface area contributed by atoms with Crippen molar-refractivity contribution in [2.75, 3.05) is 6.54 Å². The van der Waals surface area contributed by atoms with E-state index >= 15 is 0 Å². The molecule has 1 unspecified atom stereocenters. The van der Waals surface area contributed by atoms with Gasteiger partial charge < -0.3 is 10.1 Å². The molecule has 20 heavy (non-hydrogen) atoms. The van der Waals surface area contributed by atoms with Crippen molar-refractivity contribution in [1.29, 1.82) is 0 Å². The fraction of sp³-hybridized carbons (Fsp3) is 0.417. The second-order valence-corrected chi connectivity index (χ2v) is 7.39. The molecule has 0 spiro atoms. The third-order valence-electron chi connectivity index (χ3n) is 2.92. The van der Waals surface area contributed by atoms with Crippen LogP contribution in [0.25, 0.3) is 0 Å². The lowest BCUT2D eigenvalue weighted by Gasteiger charge is -2.17. The summed E-state index contributed by atoms with van der Waals surface area (Å²) < 4.78 is 28.6. The maximum atomic E-state index is 11.8. The Morgan fingerprint density at radius 3 is 2.75 bits per heavy atom. The zero-order valence-corrected chi connectivity index (χ0v) is 12.8. The van der Waals surface area contributed by atoms with Gasteiger partial charge >= 0.3 is 0 Å². The quantitative estimate of drug-likeness (QED) is 0.859. The van der Waals surface area contributed by atoms with Gasteiger partial charge in [0.05, 0.1) is 0 Å². The van der Waals surface area contributed by atoms with Gasteiger partial charge in [-0.25, -0.2) is 8.42 Å². The molecule has 1 aliphatic rings. The molecular formula is C12H13Cl2NO4S. The van der Waals surface area contributed by atoms with E-state index in [2.05, 4.69) is 5.32 Å². The number of benzene rings is 1. The van der Waals surface area contributed by atoms with Gasteiger partial charge in [0, 0.05) is 22.2 Å². The Hall–Kier alpha value is -0.980. The molecular weight excluding hydrogens is 325 g/mol. The van der Waals surface area contributed by atoms with E-state index < -0.39 is 15.2 Å². The van der Waals surface area contributed by atoms with E-state index in [0.29, 0.717) is 13.0 Å². The minimum atomic E-state index is -4.00. The molecule has 110 valence electrons. The molecule has 5 nitrogen and oxygen atoms in total. The minimum absolute atomic E-state index is 0.0338. The highest BCUT2D eigenvalue weighted by Crippen LogP contribution is 2.31. The van der Waals surface area contributed by atoms with Crippen molar-refractivity contribution in [3.05, 3.63) is 23.2 Å². The minimum Gasteiger partial charge on any atom is -0.479 e. The van der Waals surface area contributed by atoms with Crippen LogP contribution in [0.2, 0.25) is 5.02 Å². The van der Waals surface area contributed by atoms with Crippen LogP contribution in [0.4, 0.5) is 0 Å². The molecule has 1 aromatic rings. The highest BCUT2D eigenvalue weighted by molar-refractivity contribution is 8.13. The maximum absolute atomic E-state index is 11.8. The van der Waals surface area contributed by atoms with Crippen LogP contribution in [-0.2, 0) is 13.8 Å². The number of nitrogens with one attached hydrogen (secondary N) is 1. The van der Waals surface area contributed by atoms with E-state index in [-0.39, 0.29) is 21.6 Å². The van der Waals surface area contributed by atoms with Gasteiger partial charge in [0.25, 0.3) is 15.0 Å². The molecule has 1 amide bonds. The summed E-state index contributed by atoms with van der Waals surface area (Å²) in [5, 5.41) is 2.94. The number of hydrogen-bond acceptors (Lipinski definition) is 4. The zero-order chi connectivity index (χ0) is 14.8. The molecule has 8 heteroatoms. The van der Waals surface area contributed by atoms with Crippen molar-refractivity contribution in [2.45, 2.75) is 30.3 Å². The molecule has 1 atom stereocenters. The predicted molar refractivity (Wildman–Crippen MR) is 75.8 cm³/mol. The van der Waals surface area contributed by atoms with Crippen molar-refractivity contribution in [1.82, 2.24) is 5.32 Å². The fourth-order valence-corrected chi connectivity index (χ4v) is 3.17. The lowest BCUT2D eigenvalue weighted by atomic mass is 10.2. The van der Waals surface area contributed by atoms with Gasteiger partial charge in [0.15, 0.2) is 6.10 Å². The van der Waals surface area contributed by atoms with Crippen LogP contribution in [-0.4, -0.2) is 27.0 Å². The van der Waals surface area contributed by atoms with Crippen LogP contribution in [0.5, 0.6) is 5.75 Å². The summed E-state index contributed by atoms with van der Waals surface area (Å²) in [6.45, 7) is 0.597. The lowest BCUT2D eigenvalue weighted by Crippen LogP contribution is -2.36. The van der Waals surface area contributed by atoms with Crippen LogP contribution in [0.3, 0.4) is 0 Å². The smallest absolute Gasteiger partial charge is 0.265 e. The molecule has 0 aliphatic carbocycles. The van der Waals surface area contributed by atoms with Gasteiger partial charge in [-0.15, -0.1) is 0 Å². The first-order chi connectivity index (χ1) is 9.38. The topological polar surface area (TPSA) is 72.5 Å². The Morgan fingerprint density at radius 2 is 2.05 bits per heavy atom. The number of halogens is 2. The summed E-state index contributed by atoms with van der Waals surface area (Å²) in [7, 11) is 1.35. The van der Waals surface area contributed by atoms with Crippen LogP contribution < -0.4 is 10.1 Å². The Kier molecular flexibility index (Phi) is 4.78. The first kappa shape index (κ1) is 15.4. The van der Waals surface area contributed by atoms with Gasteiger partial charge in [0.2, 0.25) is 0 Å². The van der Waals surface area contributed by atoms with E-state index in [1.54, 1.807) is 0 Å². The van der Waals surface area contributed by atoms with Gasteiger partial charge in [-0.2, -0.15) is 0 Å². The van der Waals surface area contributed by atoms with E-state index in [1.807, 2.05) is 0 Å². The maximum Gasteiger partial charge on any atom is 0.265 e. The summed E-state index contributed by atoms with van der Waals surface area (Å²) in [6, 6.07) is 4.08. The monoisotopic (exact) mass is 337 g/mol. The number of ether oxygens (including phenoxy) is 1. The van der Waals surface area contributed by atoms with Gasteiger partial charge in [-0.05, 0) is 37.5 Å². The van der Waals surface area contributed by atoms with Gasteiger partial charge in [-0.1, -0.05) is 11.6 Å². The highest BCUT2D eigenvalue weighted by Gasteiger charge is 2.25. The van der Waals surface area contributed by atoms with Crippen LogP contribution in [0.15, 0.2) is 23.1 Å². The summed E-state index contributed by atoms with van der Waals surface area (Å²) in [5.41, 5.74) is 0. The molecule has 2 rings (SSSR count). The largest absolute Gasteiger partial charge is 0.479 e. The van der Waals surface area contributed by atoms with E-state index in [0.717, 1.165) is 12.8 Å². The molecule has 1 aromatic carbocycles. The standard InChI is InChI=1S/C12H13Cl2NO4S/c13-8-4-5-9(11(7-8)20(14,17)18)19-10-3-1-2-6-15-12(10)16/h4-5,7,10H,1-3,6H2,(H,15,16). The van der Waals surface area contributed by atoms with E-state index in [9.17, 15) is 13.2 Å². The van der Waals surface area contributed by atoms with Crippen molar-refractivity contribution in [2.24, 2.45) is 0 Å². The lowest BCUT2D eigenvalue weighted by molar-refractivity contribution is -0.127. The molecule has 1 heterocycles. The Labute approximate surface area is 126 Å². The van der Waals surface area contributed by atoms with Gasteiger partial charge in [-0.3, -0.25) is 4.79 Å². The fourth-order valence-electron chi connectivity index (χ4n) is 1.95. The molecule has 1 N–H and O–H groups in total. The van der Waals surface area contributed by atoms with Crippen molar-refractivity contribution < 1.29 is 17.9 Å². The molecule has 0 radical (unpaired) electrons. The molecule has 1 aliphatic heterocycles. The normalized spacial score (nSPS) is 20.1. The predicted octanol–water partition coefficient (Wildman–Crippen LogP) is 2.32. The Balaban J connectivity index is 2.31. The van der Waals surface area contributed by atoms with Crippen LogP contribution in [0.1, 0.15) is 19.3 Å².